The number of carbonyl (C=O) groups excluding carboxylic acids is 2. The van der Waals surface area contributed by atoms with Crippen LogP contribution in [0.2, 0.25) is 5.02 Å². The monoisotopic (exact) mass is 508 g/mol. The van der Waals surface area contributed by atoms with E-state index in [0.717, 1.165) is 10.0 Å². The number of carbonyl (C=O) groups is 2. The number of anilines is 1. The van der Waals surface area contributed by atoms with Gasteiger partial charge in [0.15, 0.2) is 0 Å². The first-order valence-electron chi connectivity index (χ1n) is 9.46. The zero-order valence-corrected chi connectivity index (χ0v) is 19.5. The lowest BCUT2D eigenvalue weighted by molar-refractivity contribution is -0.118. The first kappa shape index (κ1) is 22.9. The Labute approximate surface area is 191 Å². The molecule has 0 unspecified atom stereocenters. The number of halogens is 2. The van der Waals surface area contributed by atoms with Gasteiger partial charge in [-0.2, -0.15) is 0 Å². The molecule has 0 aliphatic rings. The summed E-state index contributed by atoms with van der Waals surface area (Å²) in [6.45, 7) is 5.22. The number of rotatable bonds is 5. The summed E-state index contributed by atoms with van der Waals surface area (Å²) in [6, 6.07) is 9.62. The SMILES string of the molecule is CC(C)(C)OC(=O)N[C@@H](Cc1ccc(Br)cc1)C(=O)Nc1cc(Cl)c2[nH]c(=O)[nH]c2c1. The normalized spacial score (nSPS) is 12.4. The number of ether oxygens (including phenoxy) is 1. The summed E-state index contributed by atoms with van der Waals surface area (Å²) in [6.07, 6.45) is -0.455. The van der Waals surface area contributed by atoms with Gasteiger partial charge < -0.3 is 25.3 Å². The third-order valence-electron chi connectivity index (χ3n) is 4.21. The number of aromatic amines is 2. The van der Waals surface area contributed by atoms with Crippen molar-refractivity contribution >= 4 is 56.3 Å². The molecule has 4 N–H and O–H groups in total. The molecule has 1 atom stereocenters. The van der Waals surface area contributed by atoms with Crippen molar-refractivity contribution in [2.75, 3.05) is 5.32 Å². The Hall–Kier alpha value is -2.78. The quantitative estimate of drug-likeness (QED) is 0.409. The van der Waals surface area contributed by atoms with Gasteiger partial charge in [-0.3, -0.25) is 4.79 Å². The lowest BCUT2D eigenvalue weighted by atomic mass is 10.1. The van der Waals surface area contributed by atoms with Crippen LogP contribution in [0.3, 0.4) is 0 Å². The molecule has 2 amide bonds. The minimum atomic E-state index is -0.907. The molecule has 164 valence electrons. The van der Waals surface area contributed by atoms with Crippen molar-refractivity contribution in [1.82, 2.24) is 15.3 Å². The van der Waals surface area contributed by atoms with E-state index in [9.17, 15) is 14.4 Å². The van der Waals surface area contributed by atoms with Gasteiger partial charge in [0.25, 0.3) is 0 Å². The minimum Gasteiger partial charge on any atom is -0.444 e. The second-order valence-electron chi connectivity index (χ2n) is 7.98. The Morgan fingerprint density at radius 3 is 2.48 bits per heavy atom. The number of nitrogens with one attached hydrogen (secondary N) is 4. The van der Waals surface area contributed by atoms with E-state index in [2.05, 4.69) is 36.5 Å². The van der Waals surface area contributed by atoms with Gasteiger partial charge in [0.2, 0.25) is 5.91 Å². The van der Waals surface area contributed by atoms with Crippen LogP contribution in [0.4, 0.5) is 10.5 Å². The number of hydrogen-bond donors (Lipinski definition) is 4. The second-order valence-corrected chi connectivity index (χ2v) is 9.30. The van der Waals surface area contributed by atoms with Gasteiger partial charge in [0, 0.05) is 16.6 Å². The zero-order chi connectivity index (χ0) is 22.8. The molecule has 31 heavy (non-hydrogen) atoms. The Bertz CT molecular complexity index is 1160. The van der Waals surface area contributed by atoms with E-state index in [4.69, 9.17) is 16.3 Å². The van der Waals surface area contributed by atoms with Crippen LogP contribution in [-0.4, -0.2) is 33.6 Å². The van der Waals surface area contributed by atoms with Gasteiger partial charge in [-0.15, -0.1) is 0 Å². The molecule has 0 radical (unpaired) electrons. The van der Waals surface area contributed by atoms with Crippen LogP contribution < -0.4 is 16.3 Å². The number of hydrogen-bond acceptors (Lipinski definition) is 4. The number of H-pyrrole nitrogens is 2. The van der Waals surface area contributed by atoms with Crippen molar-refractivity contribution < 1.29 is 14.3 Å². The maximum atomic E-state index is 13.0. The van der Waals surface area contributed by atoms with E-state index >= 15 is 0 Å². The van der Waals surface area contributed by atoms with E-state index in [1.54, 1.807) is 26.8 Å². The van der Waals surface area contributed by atoms with E-state index in [1.165, 1.54) is 6.07 Å². The highest BCUT2D eigenvalue weighted by Gasteiger charge is 2.25. The Kier molecular flexibility index (Phi) is 6.76. The Balaban J connectivity index is 1.82. The van der Waals surface area contributed by atoms with Gasteiger partial charge in [0.05, 0.1) is 16.1 Å². The van der Waals surface area contributed by atoms with Crippen molar-refractivity contribution in [2.45, 2.75) is 38.8 Å². The maximum Gasteiger partial charge on any atom is 0.408 e. The summed E-state index contributed by atoms with van der Waals surface area (Å²) in [5.41, 5.74) is 1.02. The molecule has 3 aromatic rings. The number of alkyl carbamates (subject to hydrolysis) is 1. The predicted octanol–water partition coefficient (Wildman–Crippen LogP) is 4.35. The molecule has 1 aromatic heterocycles. The average molecular weight is 510 g/mol. The number of aromatic nitrogens is 2. The second kappa shape index (κ2) is 9.15. The maximum absolute atomic E-state index is 13.0. The minimum absolute atomic E-state index is 0.245. The molecule has 10 heteroatoms. The molecule has 0 aliphatic carbocycles. The summed E-state index contributed by atoms with van der Waals surface area (Å²) in [5.74, 6) is -0.456. The highest BCUT2D eigenvalue weighted by atomic mass is 79.9. The van der Waals surface area contributed by atoms with Crippen LogP contribution in [0, 0.1) is 0 Å². The molecule has 2 aromatic carbocycles. The standard InChI is InChI=1S/C21H22BrClN4O4/c1-21(2,3)31-20(30)26-16(8-11-4-6-12(22)7-5-11)18(28)24-13-9-14(23)17-15(10-13)25-19(29)27-17/h4-7,9-10,16H,8H2,1-3H3,(H,24,28)(H,26,30)(H2,25,27,29)/t16-/m0/s1. The molecule has 0 fully saturated rings. The Morgan fingerprint density at radius 1 is 1.16 bits per heavy atom. The number of fused-ring (bicyclic) bond motifs is 1. The van der Waals surface area contributed by atoms with Crippen LogP contribution >= 0.6 is 27.5 Å². The Morgan fingerprint density at radius 2 is 1.84 bits per heavy atom. The largest absolute Gasteiger partial charge is 0.444 e. The van der Waals surface area contributed by atoms with Crippen molar-refractivity contribution in [3.05, 3.63) is 61.9 Å². The molecule has 0 aliphatic heterocycles. The first-order valence-corrected chi connectivity index (χ1v) is 10.6. The molecular formula is C21H22BrClN4O4. The zero-order valence-electron chi connectivity index (χ0n) is 17.1. The third-order valence-corrected chi connectivity index (χ3v) is 5.03. The molecular weight excluding hydrogens is 488 g/mol. The number of benzene rings is 2. The van der Waals surface area contributed by atoms with Crippen LogP contribution in [0.15, 0.2) is 45.7 Å². The summed E-state index contributed by atoms with van der Waals surface area (Å²) >= 11 is 9.58. The van der Waals surface area contributed by atoms with Crippen molar-refractivity contribution in [1.29, 1.82) is 0 Å². The van der Waals surface area contributed by atoms with Crippen molar-refractivity contribution in [3.63, 3.8) is 0 Å². The molecule has 3 rings (SSSR count). The highest BCUT2D eigenvalue weighted by molar-refractivity contribution is 9.10. The van der Waals surface area contributed by atoms with Crippen molar-refractivity contribution in [3.8, 4) is 0 Å². The summed E-state index contributed by atoms with van der Waals surface area (Å²) in [7, 11) is 0. The van der Waals surface area contributed by atoms with Gasteiger partial charge in [-0.05, 0) is 50.6 Å². The number of imidazole rings is 1. The summed E-state index contributed by atoms with van der Waals surface area (Å²) < 4.78 is 6.21. The molecule has 8 nitrogen and oxygen atoms in total. The smallest absolute Gasteiger partial charge is 0.408 e. The fourth-order valence-electron chi connectivity index (χ4n) is 2.92. The lowest BCUT2D eigenvalue weighted by Crippen LogP contribution is -2.47. The molecule has 0 bridgehead atoms. The number of amides is 2. The van der Waals surface area contributed by atoms with Gasteiger partial charge >= 0.3 is 11.8 Å². The summed E-state index contributed by atoms with van der Waals surface area (Å²) in [5, 5.41) is 5.65. The average Bonchev–Trinajstić information content (AvgIpc) is 3.02. The molecule has 0 saturated heterocycles. The fourth-order valence-corrected chi connectivity index (χ4v) is 3.45. The molecule has 0 spiro atoms. The van der Waals surface area contributed by atoms with Gasteiger partial charge in [-0.25, -0.2) is 9.59 Å². The van der Waals surface area contributed by atoms with Gasteiger partial charge in [-0.1, -0.05) is 39.7 Å². The molecule has 1 heterocycles. The van der Waals surface area contributed by atoms with Crippen LogP contribution in [-0.2, 0) is 16.0 Å². The lowest BCUT2D eigenvalue weighted by Gasteiger charge is -2.23. The van der Waals surface area contributed by atoms with Crippen LogP contribution in [0.5, 0.6) is 0 Å². The van der Waals surface area contributed by atoms with Crippen LogP contribution in [0.25, 0.3) is 11.0 Å². The summed E-state index contributed by atoms with van der Waals surface area (Å²) in [4.78, 5) is 42.0. The van der Waals surface area contributed by atoms with E-state index in [-0.39, 0.29) is 11.4 Å². The van der Waals surface area contributed by atoms with Crippen molar-refractivity contribution in [2.24, 2.45) is 0 Å². The van der Waals surface area contributed by atoms with Gasteiger partial charge in [0.1, 0.15) is 11.6 Å². The van der Waals surface area contributed by atoms with Crippen LogP contribution in [0.1, 0.15) is 26.3 Å². The molecule has 0 saturated carbocycles. The first-order chi connectivity index (χ1) is 14.5. The van der Waals surface area contributed by atoms with E-state index in [1.807, 2.05) is 24.3 Å². The predicted molar refractivity (Wildman–Crippen MR) is 124 cm³/mol. The highest BCUT2D eigenvalue weighted by Crippen LogP contribution is 2.24. The van der Waals surface area contributed by atoms with E-state index in [0.29, 0.717) is 16.7 Å². The third kappa shape index (κ3) is 6.35. The topological polar surface area (TPSA) is 116 Å². The fraction of sp³-hybridized carbons (Fsp3) is 0.286. The van der Waals surface area contributed by atoms with E-state index < -0.39 is 29.3 Å².